The zero-order valence-corrected chi connectivity index (χ0v) is 11.4. The monoisotopic (exact) mass is 253 g/mol. The lowest BCUT2D eigenvalue weighted by Gasteiger charge is -2.25. The maximum atomic E-state index is 10.1. The van der Waals surface area contributed by atoms with Crippen LogP contribution in [-0.4, -0.2) is 29.5 Å². The van der Waals surface area contributed by atoms with Crippen molar-refractivity contribution in [2.24, 2.45) is 0 Å². The van der Waals surface area contributed by atoms with E-state index in [-0.39, 0.29) is 5.75 Å². The predicted molar refractivity (Wildman–Crippen MR) is 71.9 cm³/mol. The van der Waals surface area contributed by atoms with Gasteiger partial charge in [0.1, 0.15) is 0 Å². The van der Waals surface area contributed by atoms with Crippen LogP contribution in [0.15, 0.2) is 18.2 Å². The van der Waals surface area contributed by atoms with Crippen LogP contribution in [0.2, 0.25) is 0 Å². The highest BCUT2D eigenvalue weighted by Gasteiger charge is 2.21. The van der Waals surface area contributed by atoms with E-state index in [1.165, 1.54) is 7.11 Å². The highest BCUT2D eigenvalue weighted by atomic mass is 16.5. The maximum absolute atomic E-state index is 10.1. The van der Waals surface area contributed by atoms with Crippen LogP contribution in [0.25, 0.3) is 0 Å². The standard InChI is InChI=1S/C14H23NO3/c1-4-14(17,5-2)10-15-9-11-6-7-13(18-3)12(16)8-11/h6-8,15-17H,4-5,9-10H2,1-3H3. The van der Waals surface area contributed by atoms with E-state index in [1.54, 1.807) is 12.1 Å². The lowest BCUT2D eigenvalue weighted by molar-refractivity contribution is 0.0323. The van der Waals surface area contributed by atoms with Crippen molar-refractivity contribution in [2.75, 3.05) is 13.7 Å². The molecule has 0 radical (unpaired) electrons. The molecule has 4 heteroatoms. The number of aliphatic hydroxyl groups is 1. The van der Waals surface area contributed by atoms with Crippen molar-refractivity contribution in [1.29, 1.82) is 0 Å². The Morgan fingerprint density at radius 1 is 1.28 bits per heavy atom. The molecule has 102 valence electrons. The summed E-state index contributed by atoms with van der Waals surface area (Å²) in [4.78, 5) is 0. The normalized spacial score (nSPS) is 11.6. The number of benzene rings is 1. The van der Waals surface area contributed by atoms with Crippen molar-refractivity contribution in [1.82, 2.24) is 5.32 Å². The van der Waals surface area contributed by atoms with E-state index < -0.39 is 5.60 Å². The molecule has 0 aliphatic carbocycles. The number of phenolic OH excluding ortho intramolecular Hbond substituents is 1. The minimum Gasteiger partial charge on any atom is -0.504 e. The Hall–Kier alpha value is -1.26. The minimum absolute atomic E-state index is 0.137. The van der Waals surface area contributed by atoms with Gasteiger partial charge < -0.3 is 20.3 Å². The molecule has 0 heterocycles. The van der Waals surface area contributed by atoms with Gasteiger partial charge in [0, 0.05) is 13.1 Å². The summed E-state index contributed by atoms with van der Waals surface area (Å²) < 4.78 is 4.98. The van der Waals surface area contributed by atoms with Crippen molar-refractivity contribution >= 4 is 0 Å². The van der Waals surface area contributed by atoms with Gasteiger partial charge in [-0.25, -0.2) is 0 Å². The predicted octanol–water partition coefficient (Wildman–Crippen LogP) is 2.04. The summed E-state index contributed by atoms with van der Waals surface area (Å²) in [5, 5.41) is 23.0. The van der Waals surface area contributed by atoms with Crippen LogP contribution in [0.1, 0.15) is 32.3 Å². The molecule has 0 bridgehead atoms. The van der Waals surface area contributed by atoms with Gasteiger partial charge in [0.25, 0.3) is 0 Å². The van der Waals surface area contributed by atoms with Crippen LogP contribution in [-0.2, 0) is 6.54 Å². The van der Waals surface area contributed by atoms with Crippen molar-refractivity contribution in [3.63, 3.8) is 0 Å². The van der Waals surface area contributed by atoms with Crippen LogP contribution < -0.4 is 10.1 Å². The summed E-state index contributed by atoms with van der Waals surface area (Å²) in [6.45, 7) is 5.11. The summed E-state index contributed by atoms with van der Waals surface area (Å²) in [6, 6.07) is 5.30. The first-order valence-corrected chi connectivity index (χ1v) is 6.33. The van der Waals surface area contributed by atoms with E-state index in [2.05, 4.69) is 5.32 Å². The second kappa shape index (κ2) is 6.61. The quantitative estimate of drug-likeness (QED) is 0.696. The molecule has 0 aliphatic rings. The fourth-order valence-electron chi connectivity index (χ4n) is 1.79. The molecule has 0 spiro atoms. The Balaban J connectivity index is 2.52. The van der Waals surface area contributed by atoms with Gasteiger partial charge in [0.05, 0.1) is 12.7 Å². The topological polar surface area (TPSA) is 61.7 Å². The number of ether oxygens (including phenoxy) is 1. The lowest BCUT2D eigenvalue weighted by Crippen LogP contribution is -2.39. The minimum atomic E-state index is -0.644. The van der Waals surface area contributed by atoms with Crippen LogP contribution in [0.4, 0.5) is 0 Å². The molecule has 0 aliphatic heterocycles. The summed E-state index contributed by atoms with van der Waals surface area (Å²) in [5.74, 6) is 0.607. The fraction of sp³-hybridized carbons (Fsp3) is 0.571. The van der Waals surface area contributed by atoms with Gasteiger partial charge in [-0.1, -0.05) is 19.9 Å². The van der Waals surface area contributed by atoms with Gasteiger partial charge in [-0.05, 0) is 30.5 Å². The fourth-order valence-corrected chi connectivity index (χ4v) is 1.79. The third-order valence-electron chi connectivity index (χ3n) is 3.34. The number of aromatic hydroxyl groups is 1. The van der Waals surface area contributed by atoms with Crippen LogP contribution in [0.3, 0.4) is 0 Å². The molecule has 4 nitrogen and oxygen atoms in total. The second-order valence-corrected chi connectivity index (χ2v) is 4.54. The van der Waals surface area contributed by atoms with Crippen LogP contribution >= 0.6 is 0 Å². The van der Waals surface area contributed by atoms with Crippen LogP contribution in [0, 0.1) is 0 Å². The maximum Gasteiger partial charge on any atom is 0.160 e. The molecule has 0 saturated carbocycles. The molecule has 1 aromatic rings. The zero-order chi connectivity index (χ0) is 13.6. The average Bonchev–Trinajstić information content (AvgIpc) is 2.39. The summed E-state index contributed by atoms with van der Waals surface area (Å²) in [6.07, 6.45) is 1.45. The number of rotatable bonds is 7. The lowest BCUT2D eigenvalue weighted by atomic mass is 9.97. The molecule has 0 saturated heterocycles. The van der Waals surface area contributed by atoms with Gasteiger partial charge in [0.2, 0.25) is 0 Å². The summed E-state index contributed by atoms with van der Waals surface area (Å²) in [5.41, 5.74) is 0.317. The van der Waals surface area contributed by atoms with E-state index in [9.17, 15) is 10.2 Å². The van der Waals surface area contributed by atoms with Gasteiger partial charge in [-0.2, -0.15) is 0 Å². The van der Waals surface area contributed by atoms with E-state index in [1.807, 2.05) is 19.9 Å². The molecule has 0 fully saturated rings. The van der Waals surface area contributed by atoms with Gasteiger partial charge >= 0.3 is 0 Å². The van der Waals surface area contributed by atoms with Crippen molar-refractivity contribution in [2.45, 2.75) is 38.8 Å². The number of phenols is 1. The first kappa shape index (κ1) is 14.8. The van der Waals surface area contributed by atoms with Crippen LogP contribution in [0.5, 0.6) is 11.5 Å². The van der Waals surface area contributed by atoms with Gasteiger partial charge in [-0.15, -0.1) is 0 Å². The first-order valence-electron chi connectivity index (χ1n) is 6.33. The van der Waals surface area contributed by atoms with Gasteiger partial charge in [-0.3, -0.25) is 0 Å². The Labute approximate surface area is 109 Å². The zero-order valence-electron chi connectivity index (χ0n) is 11.4. The van der Waals surface area contributed by atoms with E-state index in [4.69, 9.17) is 4.74 Å². The smallest absolute Gasteiger partial charge is 0.160 e. The molecule has 1 rings (SSSR count). The van der Waals surface area contributed by atoms with E-state index >= 15 is 0 Å². The molecule has 0 amide bonds. The molecular weight excluding hydrogens is 230 g/mol. The molecule has 18 heavy (non-hydrogen) atoms. The Morgan fingerprint density at radius 2 is 1.94 bits per heavy atom. The van der Waals surface area contributed by atoms with Gasteiger partial charge in [0.15, 0.2) is 11.5 Å². The Kier molecular flexibility index (Phi) is 5.44. The third-order valence-corrected chi connectivity index (χ3v) is 3.34. The molecule has 0 aromatic heterocycles. The van der Waals surface area contributed by atoms with Crippen molar-refractivity contribution in [3.05, 3.63) is 23.8 Å². The highest BCUT2D eigenvalue weighted by Crippen LogP contribution is 2.26. The molecule has 0 atom stereocenters. The Morgan fingerprint density at radius 3 is 2.44 bits per heavy atom. The molecule has 1 aromatic carbocycles. The average molecular weight is 253 g/mol. The highest BCUT2D eigenvalue weighted by molar-refractivity contribution is 5.41. The second-order valence-electron chi connectivity index (χ2n) is 4.54. The Bertz CT molecular complexity index is 375. The number of hydrogen-bond acceptors (Lipinski definition) is 4. The summed E-state index contributed by atoms with van der Waals surface area (Å²) in [7, 11) is 1.52. The molecule has 3 N–H and O–H groups in total. The van der Waals surface area contributed by atoms with E-state index in [0.717, 1.165) is 18.4 Å². The molecular formula is C14H23NO3. The van der Waals surface area contributed by atoms with E-state index in [0.29, 0.717) is 18.8 Å². The van der Waals surface area contributed by atoms with Crippen molar-refractivity contribution < 1.29 is 14.9 Å². The SMILES string of the molecule is CCC(O)(CC)CNCc1ccc(OC)c(O)c1. The number of methoxy groups -OCH3 is 1. The summed E-state index contributed by atoms with van der Waals surface area (Å²) >= 11 is 0. The number of hydrogen-bond donors (Lipinski definition) is 3. The largest absolute Gasteiger partial charge is 0.504 e. The van der Waals surface area contributed by atoms with Crippen molar-refractivity contribution in [3.8, 4) is 11.5 Å². The first-order chi connectivity index (χ1) is 8.54. The molecule has 0 unspecified atom stereocenters. The third kappa shape index (κ3) is 3.89. The number of nitrogens with one attached hydrogen (secondary N) is 1.